The minimum absolute atomic E-state index is 0.0110. The molecule has 1 amide bonds. The normalized spacial score (nSPS) is 34.6. The summed E-state index contributed by atoms with van der Waals surface area (Å²) in [6.07, 6.45) is 1.53. The molecule has 1 aliphatic carbocycles. The number of hydrogen-bond donors (Lipinski definition) is 0. The van der Waals surface area contributed by atoms with E-state index in [1.807, 2.05) is 6.07 Å². The molecule has 1 saturated carbocycles. The van der Waals surface area contributed by atoms with Gasteiger partial charge in [-0.1, -0.05) is 0 Å². The van der Waals surface area contributed by atoms with Crippen LogP contribution in [-0.4, -0.2) is 37.1 Å². The van der Waals surface area contributed by atoms with Gasteiger partial charge < -0.3 is 9.64 Å². The first-order chi connectivity index (χ1) is 6.76. The molecule has 2 saturated heterocycles. The standard InChI is InChI=1S/C10H14N2O2/c1-14-10-7-4-8(10)6-12(5-7)9(13)2-3-11/h7-8,10H,2,4-6H2,1H3. The third-order valence-corrected chi connectivity index (χ3v) is 3.30. The third kappa shape index (κ3) is 1.38. The van der Waals surface area contributed by atoms with Crippen molar-refractivity contribution in [2.24, 2.45) is 11.8 Å². The van der Waals surface area contributed by atoms with Gasteiger partial charge in [0.15, 0.2) is 0 Å². The molecule has 3 aliphatic rings. The zero-order valence-electron chi connectivity index (χ0n) is 8.27. The van der Waals surface area contributed by atoms with E-state index in [4.69, 9.17) is 10.00 Å². The maximum atomic E-state index is 11.4. The molecule has 0 aromatic carbocycles. The number of carbonyl (C=O) groups is 1. The zero-order chi connectivity index (χ0) is 10.1. The van der Waals surface area contributed by atoms with Crippen molar-refractivity contribution in [2.75, 3.05) is 20.2 Å². The fourth-order valence-electron chi connectivity index (χ4n) is 2.61. The van der Waals surface area contributed by atoms with Gasteiger partial charge in [0.1, 0.15) is 6.42 Å². The number of fused-ring (bicyclic) bond motifs is 2. The van der Waals surface area contributed by atoms with E-state index in [1.54, 1.807) is 12.0 Å². The summed E-state index contributed by atoms with van der Waals surface area (Å²) in [5, 5.41) is 8.42. The molecule has 3 fully saturated rings. The Morgan fingerprint density at radius 1 is 1.57 bits per heavy atom. The van der Waals surface area contributed by atoms with Crippen LogP contribution in [0.1, 0.15) is 12.8 Å². The molecule has 2 unspecified atom stereocenters. The first-order valence-corrected chi connectivity index (χ1v) is 4.93. The van der Waals surface area contributed by atoms with Gasteiger partial charge in [0, 0.05) is 32.0 Å². The van der Waals surface area contributed by atoms with Gasteiger partial charge >= 0.3 is 0 Å². The summed E-state index contributed by atoms with van der Waals surface area (Å²) in [5.74, 6) is 0.972. The number of ether oxygens (including phenoxy) is 1. The summed E-state index contributed by atoms with van der Waals surface area (Å²) < 4.78 is 5.34. The van der Waals surface area contributed by atoms with Crippen LogP contribution in [0.4, 0.5) is 0 Å². The number of hydrogen-bond acceptors (Lipinski definition) is 3. The van der Waals surface area contributed by atoms with Crippen molar-refractivity contribution in [2.45, 2.75) is 18.9 Å². The lowest BCUT2D eigenvalue weighted by atomic mass is 9.68. The van der Waals surface area contributed by atoms with Crippen LogP contribution in [0.5, 0.6) is 0 Å². The van der Waals surface area contributed by atoms with E-state index >= 15 is 0 Å². The highest BCUT2D eigenvalue weighted by Gasteiger charge is 2.47. The number of nitrogens with zero attached hydrogens (tertiary/aromatic N) is 2. The van der Waals surface area contributed by atoms with Crippen LogP contribution in [0.3, 0.4) is 0 Å². The van der Waals surface area contributed by atoms with Crippen LogP contribution >= 0.6 is 0 Å². The SMILES string of the molecule is COC1C2CC1CN(C(=O)CC#N)C2. The number of methoxy groups -OCH3 is 1. The average molecular weight is 194 g/mol. The highest BCUT2D eigenvalue weighted by Crippen LogP contribution is 2.41. The number of nitriles is 1. The van der Waals surface area contributed by atoms with Crippen LogP contribution in [0, 0.1) is 23.2 Å². The fourth-order valence-corrected chi connectivity index (χ4v) is 2.61. The molecule has 0 aromatic heterocycles. The molecule has 2 atom stereocenters. The molecule has 4 nitrogen and oxygen atoms in total. The third-order valence-electron chi connectivity index (χ3n) is 3.30. The van der Waals surface area contributed by atoms with E-state index < -0.39 is 0 Å². The molecule has 0 N–H and O–H groups in total. The maximum Gasteiger partial charge on any atom is 0.236 e. The maximum absolute atomic E-state index is 11.4. The molecule has 0 spiro atoms. The molecule has 2 aliphatic heterocycles. The van der Waals surface area contributed by atoms with Crippen LogP contribution in [0.15, 0.2) is 0 Å². The van der Waals surface area contributed by atoms with Crippen LogP contribution in [0.2, 0.25) is 0 Å². The average Bonchev–Trinajstić information content (AvgIpc) is 2.19. The van der Waals surface area contributed by atoms with Crippen molar-refractivity contribution < 1.29 is 9.53 Å². The molecule has 2 heterocycles. The van der Waals surface area contributed by atoms with E-state index in [0.29, 0.717) is 17.9 Å². The fraction of sp³-hybridized carbons (Fsp3) is 0.800. The monoisotopic (exact) mass is 194 g/mol. The number of rotatable bonds is 2. The summed E-state index contributed by atoms with van der Waals surface area (Å²) in [7, 11) is 1.73. The number of amides is 1. The molecule has 3 rings (SSSR count). The lowest BCUT2D eigenvalue weighted by Gasteiger charge is -2.52. The summed E-state index contributed by atoms with van der Waals surface area (Å²) >= 11 is 0. The lowest BCUT2D eigenvalue weighted by molar-refractivity contribution is -0.154. The first kappa shape index (κ1) is 9.47. The Hall–Kier alpha value is -1.08. The van der Waals surface area contributed by atoms with E-state index in [1.165, 1.54) is 6.42 Å². The molecule has 0 radical (unpaired) electrons. The summed E-state index contributed by atoms with van der Waals surface area (Å²) in [5.41, 5.74) is 0. The predicted molar refractivity (Wildman–Crippen MR) is 49.2 cm³/mol. The van der Waals surface area contributed by atoms with Crippen LogP contribution in [-0.2, 0) is 9.53 Å². The Morgan fingerprint density at radius 2 is 2.21 bits per heavy atom. The second kappa shape index (κ2) is 3.58. The Bertz CT molecular complexity index is 272. The van der Waals surface area contributed by atoms with Gasteiger partial charge in [-0.2, -0.15) is 5.26 Å². The largest absolute Gasteiger partial charge is 0.381 e. The van der Waals surface area contributed by atoms with E-state index in [-0.39, 0.29) is 12.3 Å². The quantitative estimate of drug-likeness (QED) is 0.639. The van der Waals surface area contributed by atoms with Gasteiger partial charge in [0.05, 0.1) is 12.2 Å². The van der Waals surface area contributed by atoms with Gasteiger partial charge in [-0.25, -0.2) is 0 Å². The number of carbonyl (C=O) groups excluding carboxylic acids is 1. The minimum atomic E-state index is -0.0308. The van der Waals surface area contributed by atoms with Crippen molar-refractivity contribution in [1.29, 1.82) is 5.26 Å². The molecular formula is C10H14N2O2. The Kier molecular flexibility index (Phi) is 2.42. The van der Waals surface area contributed by atoms with Crippen molar-refractivity contribution in [3.05, 3.63) is 0 Å². The van der Waals surface area contributed by atoms with Gasteiger partial charge in [0.25, 0.3) is 0 Å². The molecule has 14 heavy (non-hydrogen) atoms. The second-order valence-corrected chi connectivity index (χ2v) is 4.09. The Morgan fingerprint density at radius 3 is 2.71 bits per heavy atom. The lowest BCUT2D eigenvalue weighted by Crippen LogP contribution is -2.60. The topological polar surface area (TPSA) is 53.3 Å². The van der Waals surface area contributed by atoms with Crippen molar-refractivity contribution in [1.82, 2.24) is 4.90 Å². The molecule has 76 valence electrons. The highest BCUT2D eigenvalue weighted by atomic mass is 16.5. The predicted octanol–water partition coefficient (Wildman–Crippen LogP) is 0.393. The Balaban J connectivity index is 1.91. The summed E-state index contributed by atoms with van der Waals surface area (Å²) in [6.45, 7) is 1.55. The highest BCUT2D eigenvalue weighted by molar-refractivity contribution is 5.78. The molecule has 4 heteroatoms. The number of piperidine rings is 2. The van der Waals surface area contributed by atoms with Crippen molar-refractivity contribution in [3.63, 3.8) is 0 Å². The zero-order valence-corrected chi connectivity index (χ0v) is 8.27. The van der Waals surface area contributed by atoms with E-state index in [2.05, 4.69) is 0 Å². The smallest absolute Gasteiger partial charge is 0.236 e. The van der Waals surface area contributed by atoms with Gasteiger partial charge in [-0.3, -0.25) is 4.79 Å². The van der Waals surface area contributed by atoms with Crippen LogP contribution in [0.25, 0.3) is 0 Å². The Labute approximate surface area is 83.4 Å². The first-order valence-electron chi connectivity index (χ1n) is 4.93. The van der Waals surface area contributed by atoms with Gasteiger partial charge in [0.2, 0.25) is 5.91 Å². The minimum Gasteiger partial charge on any atom is -0.381 e. The summed E-state index contributed by atoms with van der Waals surface area (Å²) in [4.78, 5) is 13.2. The second-order valence-electron chi connectivity index (χ2n) is 4.09. The molecule has 2 bridgehead atoms. The molecule has 0 aromatic rings. The van der Waals surface area contributed by atoms with Crippen molar-refractivity contribution >= 4 is 5.91 Å². The molecular weight excluding hydrogens is 180 g/mol. The van der Waals surface area contributed by atoms with Crippen LogP contribution < -0.4 is 0 Å². The van der Waals surface area contributed by atoms with Gasteiger partial charge in [-0.15, -0.1) is 0 Å². The van der Waals surface area contributed by atoms with E-state index in [9.17, 15) is 4.79 Å². The van der Waals surface area contributed by atoms with Crippen molar-refractivity contribution in [3.8, 4) is 6.07 Å². The van der Waals surface area contributed by atoms with E-state index in [0.717, 1.165) is 13.1 Å². The van der Waals surface area contributed by atoms with Gasteiger partial charge in [-0.05, 0) is 6.42 Å². The summed E-state index contributed by atoms with van der Waals surface area (Å²) in [6, 6.07) is 1.90.